The maximum atomic E-state index is 12.1. The summed E-state index contributed by atoms with van der Waals surface area (Å²) in [6, 6.07) is 6.71. The first-order valence-electron chi connectivity index (χ1n) is 7.45. The third-order valence-electron chi connectivity index (χ3n) is 3.54. The van der Waals surface area contributed by atoms with Gasteiger partial charge in [0.1, 0.15) is 10.8 Å². The zero-order valence-corrected chi connectivity index (χ0v) is 13.7. The van der Waals surface area contributed by atoms with Crippen molar-refractivity contribution in [2.24, 2.45) is 0 Å². The van der Waals surface area contributed by atoms with E-state index in [0.717, 1.165) is 17.8 Å². The maximum absolute atomic E-state index is 12.1. The predicted octanol–water partition coefficient (Wildman–Crippen LogP) is 3.02. The summed E-state index contributed by atoms with van der Waals surface area (Å²) in [5.74, 6) is 0.768. The van der Waals surface area contributed by atoms with Crippen LogP contribution in [-0.4, -0.2) is 28.0 Å². The van der Waals surface area contributed by atoms with Crippen LogP contribution in [0.3, 0.4) is 0 Å². The van der Waals surface area contributed by atoms with E-state index in [-0.39, 0.29) is 11.7 Å². The Balaban J connectivity index is 1.56. The largest absolute Gasteiger partial charge is 0.481 e. The molecule has 0 saturated heterocycles. The second kappa shape index (κ2) is 6.45. The summed E-state index contributed by atoms with van der Waals surface area (Å²) in [6.45, 7) is 3.17. The Morgan fingerprint density at radius 3 is 2.57 bits per heavy atom. The van der Waals surface area contributed by atoms with Gasteiger partial charge in [-0.05, 0) is 51.0 Å². The van der Waals surface area contributed by atoms with Gasteiger partial charge in [0.25, 0.3) is 5.91 Å². The van der Waals surface area contributed by atoms with Crippen LogP contribution in [0, 0.1) is 0 Å². The third kappa shape index (κ3) is 3.92. The SMILES string of the molecule is CC(=O)c1ccc(OC(C)C(=O)Nc2nnc(C3CC3)s2)cc1. The minimum Gasteiger partial charge on any atom is -0.481 e. The van der Waals surface area contributed by atoms with E-state index in [1.165, 1.54) is 18.3 Å². The molecule has 1 fully saturated rings. The number of anilines is 1. The van der Waals surface area contributed by atoms with Crippen LogP contribution >= 0.6 is 11.3 Å². The average molecular weight is 331 g/mol. The summed E-state index contributed by atoms with van der Waals surface area (Å²) in [4.78, 5) is 23.4. The molecule has 0 radical (unpaired) electrons. The van der Waals surface area contributed by atoms with E-state index in [2.05, 4.69) is 15.5 Å². The number of Topliss-reactive ketones (excluding diaryl/α,β-unsaturated/α-hetero) is 1. The van der Waals surface area contributed by atoms with Crippen molar-refractivity contribution in [3.63, 3.8) is 0 Å². The van der Waals surface area contributed by atoms with Crippen molar-refractivity contribution in [2.45, 2.75) is 38.7 Å². The van der Waals surface area contributed by atoms with Crippen molar-refractivity contribution in [1.29, 1.82) is 0 Å². The minimum atomic E-state index is -0.675. The van der Waals surface area contributed by atoms with Crippen molar-refractivity contribution < 1.29 is 14.3 Å². The average Bonchev–Trinajstić information content (AvgIpc) is 3.28. The Morgan fingerprint density at radius 2 is 1.96 bits per heavy atom. The van der Waals surface area contributed by atoms with E-state index in [1.54, 1.807) is 31.2 Å². The molecule has 23 heavy (non-hydrogen) atoms. The van der Waals surface area contributed by atoms with E-state index in [9.17, 15) is 9.59 Å². The molecule has 3 rings (SSSR count). The van der Waals surface area contributed by atoms with Gasteiger partial charge < -0.3 is 4.74 Å². The first kappa shape index (κ1) is 15.6. The lowest BCUT2D eigenvalue weighted by Crippen LogP contribution is -2.30. The molecule has 1 amide bonds. The number of amides is 1. The van der Waals surface area contributed by atoms with Crippen molar-refractivity contribution in [3.05, 3.63) is 34.8 Å². The molecule has 1 heterocycles. The van der Waals surface area contributed by atoms with Gasteiger partial charge in [-0.3, -0.25) is 14.9 Å². The molecule has 1 aromatic carbocycles. The Labute approximate surface area is 137 Å². The van der Waals surface area contributed by atoms with E-state index < -0.39 is 6.10 Å². The molecule has 1 saturated carbocycles. The van der Waals surface area contributed by atoms with Crippen LogP contribution in [0.15, 0.2) is 24.3 Å². The van der Waals surface area contributed by atoms with Gasteiger partial charge in [-0.25, -0.2) is 0 Å². The second-order valence-electron chi connectivity index (χ2n) is 5.55. The molecule has 1 aliphatic rings. The third-order valence-corrected chi connectivity index (χ3v) is 4.54. The van der Waals surface area contributed by atoms with Gasteiger partial charge in [-0.15, -0.1) is 10.2 Å². The fourth-order valence-corrected chi connectivity index (χ4v) is 2.93. The Hall–Kier alpha value is -2.28. The monoisotopic (exact) mass is 331 g/mol. The summed E-state index contributed by atoms with van der Waals surface area (Å²) in [5, 5.41) is 12.3. The minimum absolute atomic E-state index is 0.00919. The number of nitrogens with zero attached hydrogens (tertiary/aromatic N) is 2. The van der Waals surface area contributed by atoms with Gasteiger partial charge in [0.2, 0.25) is 5.13 Å². The normalized spacial score (nSPS) is 15.0. The van der Waals surface area contributed by atoms with Crippen LogP contribution in [0.5, 0.6) is 5.75 Å². The molecule has 7 heteroatoms. The van der Waals surface area contributed by atoms with Gasteiger partial charge in [-0.1, -0.05) is 11.3 Å². The van der Waals surface area contributed by atoms with Crippen molar-refractivity contribution in [2.75, 3.05) is 5.32 Å². The smallest absolute Gasteiger partial charge is 0.266 e. The highest BCUT2D eigenvalue weighted by atomic mass is 32.1. The first-order chi connectivity index (χ1) is 11.0. The van der Waals surface area contributed by atoms with Crippen LogP contribution in [0.25, 0.3) is 0 Å². The molecular formula is C16H17N3O3S. The number of aromatic nitrogens is 2. The van der Waals surface area contributed by atoms with Gasteiger partial charge in [0, 0.05) is 11.5 Å². The molecule has 120 valence electrons. The molecule has 0 spiro atoms. The van der Waals surface area contributed by atoms with Crippen LogP contribution in [-0.2, 0) is 4.79 Å². The Morgan fingerprint density at radius 1 is 1.26 bits per heavy atom. The van der Waals surface area contributed by atoms with Gasteiger partial charge in [0.15, 0.2) is 11.9 Å². The van der Waals surface area contributed by atoms with Gasteiger partial charge >= 0.3 is 0 Å². The highest BCUT2D eigenvalue weighted by molar-refractivity contribution is 7.15. The number of hydrogen-bond donors (Lipinski definition) is 1. The zero-order chi connectivity index (χ0) is 16.4. The van der Waals surface area contributed by atoms with Crippen molar-refractivity contribution in [3.8, 4) is 5.75 Å². The van der Waals surface area contributed by atoms with Crippen LogP contribution in [0.1, 0.15) is 48.0 Å². The number of carbonyl (C=O) groups is 2. The number of ketones is 1. The van der Waals surface area contributed by atoms with Crippen molar-refractivity contribution in [1.82, 2.24) is 10.2 Å². The molecule has 1 N–H and O–H groups in total. The zero-order valence-electron chi connectivity index (χ0n) is 12.9. The molecule has 1 aromatic heterocycles. The molecule has 0 bridgehead atoms. The summed E-state index contributed by atoms with van der Waals surface area (Å²) in [5.41, 5.74) is 0.607. The van der Waals surface area contributed by atoms with Gasteiger partial charge in [-0.2, -0.15) is 0 Å². The summed E-state index contributed by atoms with van der Waals surface area (Å²) in [6.07, 6.45) is 1.63. The number of carbonyl (C=O) groups excluding carboxylic acids is 2. The lowest BCUT2D eigenvalue weighted by molar-refractivity contribution is -0.122. The molecule has 2 aromatic rings. The number of ether oxygens (including phenoxy) is 1. The standard InChI is InChI=1S/C16H17N3O3S/c1-9(20)11-5-7-13(8-6-11)22-10(2)14(21)17-16-19-18-15(23-16)12-3-4-12/h5-8,10,12H,3-4H2,1-2H3,(H,17,19,21). The predicted molar refractivity (Wildman–Crippen MR) is 87.1 cm³/mol. The fourth-order valence-electron chi connectivity index (χ4n) is 2.01. The molecular weight excluding hydrogens is 314 g/mol. The fraction of sp³-hybridized carbons (Fsp3) is 0.375. The molecule has 1 atom stereocenters. The number of rotatable bonds is 6. The Kier molecular flexibility index (Phi) is 4.38. The van der Waals surface area contributed by atoms with E-state index in [4.69, 9.17) is 4.74 Å². The molecule has 1 aliphatic carbocycles. The van der Waals surface area contributed by atoms with Crippen LogP contribution < -0.4 is 10.1 Å². The molecule has 6 nitrogen and oxygen atoms in total. The highest BCUT2D eigenvalue weighted by Crippen LogP contribution is 2.42. The summed E-state index contributed by atoms with van der Waals surface area (Å²) >= 11 is 1.41. The number of hydrogen-bond acceptors (Lipinski definition) is 6. The second-order valence-corrected chi connectivity index (χ2v) is 6.56. The topological polar surface area (TPSA) is 81.2 Å². The van der Waals surface area contributed by atoms with Crippen molar-refractivity contribution >= 4 is 28.2 Å². The molecule has 1 unspecified atom stereocenters. The van der Waals surface area contributed by atoms with E-state index >= 15 is 0 Å². The Bertz CT molecular complexity index is 722. The lowest BCUT2D eigenvalue weighted by Gasteiger charge is -2.13. The molecule has 0 aliphatic heterocycles. The number of nitrogens with one attached hydrogen (secondary N) is 1. The summed E-state index contributed by atoms with van der Waals surface area (Å²) < 4.78 is 5.58. The van der Waals surface area contributed by atoms with E-state index in [0.29, 0.717) is 22.4 Å². The lowest BCUT2D eigenvalue weighted by atomic mass is 10.1. The van der Waals surface area contributed by atoms with E-state index in [1.807, 2.05) is 0 Å². The number of benzene rings is 1. The highest BCUT2D eigenvalue weighted by Gasteiger charge is 2.28. The van der Waals surface area contributed by atoms with Crippen LogP contribution in [0.2, 0.25) is 0 Å². The first-order valence-corrected chi connectivity index (χ1v) is 8.26. The maximum Gasteiger partial charge on any atom is 0.266 e. The van der Waals surface area contributed by atoms with Crippen LogP contribution in [0.4, 0.5) is 5.13 Å². The van der Waals surface area contributed by atoms with Gasteiger partial charge in [0.05, 0.1) is 0 Å². The summed E-state index contributed by atoms with van der Waals surface area (Å²) in [7, 11) is 0. The quantitative estimate of drug-likeness (QED) is 0.823.